The van der Waals surface area contributed by atoms with E-state index in [0.29, 0.717) is 5.56 Å². The Kier molecular flexibility index (Phi) is 1.70. The lowest BCUT2D eigenvalue weighted by molar-refractivity contribution is -0.344. The first-order valence-electron chi connectivity index (χ1n) is 3.92. The molecule has 0 aliphatic carbocycles. The molecule has 0 aliphatic heterocycles. The molecular weight excluding hydrogens is 166 g/mol. The summed E-state index contributed by atoms with van der Waals surface area (Å²) < 4.78 is 0. The number of H-pyrrole nitrogens is 1. The number of aromatic nitrogens is 1. The summed E-state index contributed by atoms with van der Waals surface area (Å²) in [6.45, 7) is 0. The maximum atomic E-state index is 10.8. The third kappa shape index (κ3) is 1.24. The minimum Gasteiger partial charge on any atom is -0.478 e. The number of benzene rings is 1. The van der Waals surface area contributed by atoms with Crippen molar-refractivity contribution in [3.8, 4) is 0 Å². The van der Waals surface area contributed by atoms with Crippen molar-refractivity contribution in [2.24, 2.45) is 0 Å². The van der Waals surface area contributed by atoms with Crippen molar-refractivity contribution in [2.45, 2.75) is 0 Å². The van der Waals surface area contributed by atoms with Crippen LogP contribution in [0, 0.1) is 0 Å². The van der Waals surface area contributed by atoms with E-state index in [2.05, 4.69) is 4.98 Å². The molecular formula is C10H8NO2+. The Labute approximate surface area is 74.7 Å². The lowest BCUT2D eigenvalue weighted by Crippen LogP contribution is -2.06. The van der Waals surface area contributed by atoms with E-state index in [4.69, 9.17) is 5.11 Å². The largest absolute Gasteiger partial charge is 0.478 e. The number of fused-ring (bicyclic) bond motifs is 1. The number of aromatic amines is 1. The zero-order valence-corrected chi connectivity index (χ0v) is 6.82. The number of hydrogen-bond donors (Lipinski definition) is 1. The van der Waals surface area contributed by atoms with Crippen LogP contribution in [-0.2, 0) is 0 Å². The lowest BCUT2D eigenvalue weighted by atomic mass is 10.1. The van der Waals surface area contributed by atoms with Crippen LogP contribution in [-0.4, -0.2) is 11.1 Å². The zero-order chi connectivity index (χ0) is 9.26. The molecule has 64 valence electrons. The summed E-state index contributed by atoms with van der Waals surface area (Å²) in [5, 5.41) is 9.60. The van der Waals surface area contributed by atoms with Crippen LogP contribution in [0.5, 0.6) is 0 Å². The molecule has 0 atom stereocenters. The monoisotopic (exact) mass is 174 g/mol. The summed E-state index contributed by atoms with van der Waals surface area (Å²) in [5.41, 5.74) is 1.16. The van der Waals surface area contributed by atoms with Crippen LogP contribution in [0.1, 0.15) is 10.4 Å². The second kappa shape index (κ2) is 2.86. The van der Waals surface area contributed by atoms with Crippen LogP contribution >= 0.6 is 0 Å². The van der Waals surface area contributed by atoms with Gasteiger partial charge in [-0.3, -0.25) is 0 Å². The molecule has 0 saturated carbocycles. The smallest absolute Gasteiger partial charge is 0.336 e. The molecule has 0 fully saturated rings. The molecule has 0 amide bonds. The highest BCUT2D eigenvalue weighted by molar-refractivity contribution is 6.01. The SMILES string of the molecule is O=C(O)c1cc[nH+]c2ccccc12. The molecule has 0 spiro atoms. The van der Waals surface area contributed by atoms with Gasteiger partial charge in [-0.2, -0.15) is 0 Å². The van der Waals surface area contributed by atoms with E-state index < -0.39 is 5.97 Å². The van der Waals surface area contributed by atoms with E-state index in [-0.39, 0.29) is 0 Å². The molecule has 3 nitrogen and oxygen atoms in total. The highest BCUT2D eigenvalue weighted by Gasteiger charge is 2.10. The topological polar surface area (TPSA) is 51.4 Å². The molecule has 1 aromatic heterocycles. The maximum Gasteiger partial charge on any atom is 0.336 e. The fourth-order valence-corrected chi connectivity index (χ4v) is 1.33. The molecule has 2 N–H and O–H groups in total. The Bertz CT molecular complexity index is 460. The quantitative estimate of drug-likeness (QED) is 0.709. The van der Waals surface area contributed by atoms with Crippen LogP contribution in [0.15, 0.2) is 36.5 Å². The Balaban J connectivity index is 2.83. The van der Waals surface area contributed by atoms with Gasteiger partial charge in [0, 0.05) is 12.1 Å². The van der Waals surface area contributed by atoms with Gasteiger partial charge in [0.25, 0.3) is 0 Å². The average molecular weight is 174 g/mol. The molecule has 2 rings (SSSR count). The number of rotatable bonds is 1. The van der Waals surface area contributed by atoms with Crippen molar-refractivity contribution in [3.63, 3.8) is 0 Å². The third-order valence-corrected chi connectivity index (χ3v) is 1.94. The van der Waals surface area contributed by atoms with Crippen LogP contribution in [0.3, 0.4) is 0 Å². The van der Waals surface area contributed by atoms with Crippen LogP contribution in [0.4, 0.5) is 0 Å². The fourth-order valence-electron chi connectivity index (χ4n) is 1.33. The lowest BCUT2D eigenvalue weighted by Gasteiger charge is -1.95. The van der Waals surface area contributed by atoms with Gasteiger partial charge < -0.3 is 5.11 Å². The van der Waals surface area contributed by atoms with E-state index in [0.717, 1.165) is 10.9 Å². The third-order valence-electron chi connectivity index (χ3n) is 1.94. The summed E-state index contributed by atoms with van der Waals surface area (Å²) in [4.78, 5) is 13.8. The van der Waals surface area contributed by atoms with Gasteiger partial charge in [0.05, 0.1) is 10.9 Å². The number of pyridine rings is 1. The highest BCUT2D eigenvalue weighted by Crippen LogP contribution is 2.13. The number of para-hydroxylation sites is 1. The average Bonchev–Trinajstić information content (AvgIpc) is 2.17. The molecule has 0 radical (unpaired) electrons. The first-order chi connectivity index (χ1) is 6.29. The molecule has 1 heterocycles. The maximum absolute atomic E-state index is 10.8. The molecule has 3 heteroatoms. The first kappa shape index (κ1) is 7.73. The van der Waals surface area contributed by atoms with E-state index in [9.17, 15) is 4.79 Å². The minimum atomic E-state index is -0.898. The molecule has 0 aliphatic rings. The molecule has 13 heavy (non-hydrogen) atoms. The summed E-state index contributed by atoms with van der Waals surface area (Å²) in [6, 6.07) is 8.88. The second-order valence-corrected chi connectivity index (χ2v) is 2.74. The van der Waals surface area contributed by atoms with E-state index >= 15 is 0 Å². The molecule has 0 saturated heterocycles. The number of nitrogens with one attached hydrogen (secondary N) is 1. The van der Waals surface area contributed by atoms with Gasteiger partial charge in [-0.15, -0.1) is 0 Å². The van der Waals surface area contributed by atoms with Crippen molar-refractivity contribution < 1.29 is 14.9 Å². The molecule has 0 bridgehead atoms. The Morgan fingerprint density at radius 3 is 2.77 bits per heavy atom. The zero-order valence-electron chi connectivity index (χ0n) is 6.82. The summed E-state index contributed by atoms with van der Waals surface area (Å²) in [7, 11) is 0. The Hall–Kier alpha value is -1.90. The van der Waals surface area contributed by atoms with Crippen molar-refractivity contribution in [1.29, 1.82) is 0 Å². The second-order valence-electron chi connectivity index (χ2n) is 2.74. The Morgan fingerprint density at radius 2 is 2.00 bits per heavy atom. The van der Waals surface area contributed by atoms with Gasteiger partial charge in [-0.1, -0.05) is 12.1 Å². The number of hydrogen-bond acceptors (Lipinski definition) is 1. The van der Waals surface area contributed by atoms with Crippen LogP contribution < -0.4 is 4.98 Å². The molecule has 1 aromatic carbocycles. The standard InChI is InChI=1S/C10H7NO2/c12-10(13)8-5-6-11-9-4-2-1-3-7(8)9/h1-6H,(H,12,13)/p+1. The van der Waals surface area contributed by atoms with Gasteiger partial charge in [0.1, 0.15) is 0 Å². The number of aromatic carboxylic acids is 1. The highest BCUT2D eigenvalue weighted by atomic mass is 16.4. The first-order valence-corrected chi connectivity index (χ1v) is 3.92. The van der Waals surface area contributed by atoms with Crippen molar-refractivity contribution >= 4 is 16.9 Å². The van der Waals surface area contributed by atoms with Crippen LogP contribution in [0.25, 0.3) is 10.9 Å². The minimum absolute atomic E-state index is 0.328. The van der Waals surface area contributed by atoms with Gasteiger partial charge in [-0.05, 0) is 6.07 Å². The van der Waals surface area contributed by atoms with E-state index in [1.165, 1.54) is 0 Å². The van der Waals surface area contributed by atoms with E-state index in [1.54, 1.807) is 18.3 Å². The van der Waals surface area contributed by atoms with Crippen molar-refractivity contribution in [1.82, 2.24) is 0 Å². The van der Waals surface area contributed by atoms with Gasteiger partial charge in [0.2, 0.25) is 5.52 Å². The predicted molar refractivity (Wildman–Crippen MR) is 47.5 cm³/mol. The number of carboxylic acids is 1. The van der Waals surface area contributed by atoms with Crippen LogP contribution in [0.2, 0.25) is 0 Å². The van der Waals surface area contributed by atoms with E-state index in [1.807, 2.05) is 18.2 Å². The summed E-state index contributed by atoms with van der Waals surface area (Å²) in [6.07, 6.45) is 1.63. The van der Waals surface area contributed by atoms with Gasteiger partial charge in [0.15, 0.2) is 6.20 Å². The molecule has 0 unspecified atom stereocenters. The fraction of sp³-hybridized carbons (Fsp3) is 0. The molecule has 2 aromatic rings. The number of carbonyl (C=O) groups is 1. The normalized spacial score (nSPS) is 10.2. The Morgan fingerprint density at radius 1 is 1.23 bits per heavy atom. The summed E-state index contributed by atoms with van der Waals surface area (Å²) in [5.74, 6) is -0.898. The van der Waals surface area contributed by atoms with Gasteiger partial charge in [-0.25, -0.2) is 9.78 Å². The predicted octanol–water partition coefficient (Wildman–Crippen LogP) is 1.35. The summed E-state index contributed by atoms with van der Waals surface area (Å²) >= 11 is 0. The van der Waals surface area contributed by atoms with Crippen molar-refractivity contribution in [2.75, 3.05) is 0 Å². The van der Waals surface area contributed by atoms with Gasteiger partial charge >= 0.3 is 5.97 Å². The van der Waals surface area contributed by atoms with Crippen molar-refractivity contribution in [3.05, 3.63) is 42.1 Å². The number of carboxylic acid groups (broad SMARTS) is 1.